The number of aromatic nitrogens is 3. The van der Waals surface area contributed by atoms with Crippen molar-refractivity contribution in [3.8, 4) is 0 Å². The van der Waals surface area contributed by atoms with Crippen LogP contribution in [0.25, 0.3) is 0 Å². The lowest BCUT2D eigenvalue weighted by Gasteiger charge is -2.32. The number of hydrogen-bond acceptors (Lipinski definition) is 5. The van der Waals surface area contributed by atoms with Crippen LogP contribution in [0.2, 0.25) is 0 Å². The van der Waals surface area contributed by atoms with Crippen LogP contribution < -0.4 is 0 Å². The first-order valence-electron chi connectivity index (χ1n) is 6.80. The Bertz CT molecular complexity index is 592. The first-order valence-corrected chi connectivity index (χ1v) is 7.68. The summed E-state index contributed by atoms with van der Waals surface area (Å²) in [4.78, 5) is 6.99. The van der Waals surface area contributed by atoms with E-state index in [9.17, 15) is 0 Å². The van der Waals surface area contributed by atoms with Crippen LogP contribution in [0.5, 0.6) is 0 Å². The molecule has 0 spiro atoms. The van der Waals surface area contributed by atoms with E-state index >= 15 is 0 Å². The van der Waals surface area contributed by atoms with Gasteiger partial charge in [0, 0.05) is 56.3 Å². The van der Waals surface area contributed by atoms with E-state index in [-0.39, 0.29) is 0 Å². The zero-order chi connectivity index (χ0) is 14.1. The number of rotatable bonds is 4. The summed E-state index contributed by atoms with van der Waals surface area (Å²) < 4.78 is 7.37. The van der Waals surface area contributed by atoms with Gasteiger partial charge < -0.3 is 4.74 Å². The molecule has 0 aromatic carbocycles. The van der Waals surface area contributed by atoms with Gasteiger partial charge in [-0.1, -0.05) is 0 Å². The topological polar surface area (TPSA) is 43.2 Å². The monoisotopic (exact) mass is 292 g/mol. The molecule has 108 valence electrons. The van der Waals surface area contributed by atoms with Gasteiger partial charge in [-0.2, -0.15) is 5.10 Å². The van der Waals surface area contributed by atoms with E-state index in [2.05, 4.69) is 27.3 Å². The summed E-state index contributed by atoms with van der Waals surface area (Å²) in [6, 6.07) is 0. The largest absolute Gasteiger partial charge is 0.384 e. The zero-order valence-corrected chi connectivity index (χ0v) is 13.0. The lowest BCUT2D eigenvalue weighted by atomic mass is 9.97. The second kappa shape index (κ2) is 5.63. The van der Waals surface area contributed by atoms with Crippen molar-refractivity contribution < 1.29 is 4.74 Å². The molecule has 2 aromatic rings. The Morgan fingerprint density at radius 2 is 2.35 bits per heavy atom. The molecule has 0 saturated carbocycles. The highest BCUT2D eigenvalue weighted by molar-refractivity contribution is 7.09. The van der Waals surface area contributed by atoms with Gasteiger partial charge in [0.15, 0.2) is 0 Å². The molecule has 1 unspecified atom stereocenters. The summed E-state index contributed by atoms with van der Waals surface area (Å²) in [6.07, 6.45) is 1.98. The third-order valence-electron chi connectivity index (χ3n) is 3.74. The Kier molecular flexibility index (Phi) is 3.87. The van der Waals surface area contributed by atoms with Gasteiger partial charge in [-0.15, -0.1) is 11.3 Å². The van der Waals surface area contributed by atoms with E-state index < -0.39 is 0 Å². The summed E-state index contributed by atoms with van der Waals surface area (Å²) >= 11 is 1.71. The number of methoxy groups -OCH3 is 1. The number of aryl methyl sites for hydroxylation is 2. The number of hydrogen-bond donors (Lipinski definition) is 0. The normalized spacial score (nSPS) is 19.2. The Labute approximate surface area is 123 Å². The van der Waals surface area contributed by atoms with Gasteiger partial charge in [-0.25, -0.2) is 4.98 Å². The fourth-order valence-electron chi connectivity index (χ4n) is 3.01. The standard InChI is InChI=1S/C14H20N4OS/c1-10-16-13(9-20-10)7-18-5-11-4-15-17(2)14(11)12(6-18)8-19-3/h4,9,12H,5-8H2,1-3H3. The van der Waals surface area contributed by atoms with Crippen molar-refractivity contribution in [2.24, 2.45) is 7.05 Å². The van der Waals surface area contributed by atoms with Crippen molar-refractivity contribution in [3.63, 3.8) is 0 Å². The van der Waals surface area contributed by atoms with E-state index in [1.165, 1.54) is 11.3 Å². The molecule has 0 radical (unpaired) electrons. The van der Waals surface area contributed by atoms with Crippen LogP contribution in [-0.4, -0.2) is 39.9 Å². The fourth-order valence-corrected chi connectivity index (χ4v) is 3.61. The van der Waals surface area contributed by atoms with Crippen molar-refractivity contribution in [1.29, 1.82) is 0 Å². The van der Waals surface area contributed by atoms with Crippen LogP contribution in [0.4, 0.5) is 0 Å². The van der Waals surface area contributed by atoms with Gasteiger partial charge in [0.1, 0.15) is 0 Å². The zero-order valence-electron chi connectivity index (χ0n) is 12.2. The van der Waals surface area contributed by atoms with E-state index in [1.54, 1.807) is 18.4 Å². The van der Waals surface area contributed by atoms with Crippen LogP contribution in [0.1, 0.15) is 27.9 Å². The van der Waals surface area contributed by atoms with Gasteiger partial charge >= 0.3 is 0 Å². The number of ether oxygens (including phenoxy) is 1. The Hall–Kier alpha value is -1.24. The van der Waals surface area contributed by atoms with E-state index in [0.29, 0.717) is 5.92 Å². The molecule has 1 atom stereocenters. The predicted molar refractivity (Wildman–Crippen MR) is 78.8 cm³/mol. The summed E-state index contributed by atoms with van der Waals surface area (Å²) in [5, 5.41) is 7.68. The third-order valence-corrected chi connectivity index (χ3v) is 4.57. The smallest absolute Gasteiger partial charge is 0.0897 e. The first kappa shape index (κ1) is 13.7. The molecular formula is C14H20N4OS. The maximum atomic E-state index is 5.38. The molecule has 0 fully saturated rings. The van der Waals surface area contributed by atoms with E-state index in [1.807, 2.05) is 17.9 Å². The average Bonchev–Trinajstić information content (AvgIpc) is 2.97. The molecular weight excluding hydrogens is 272 g/mol. The van der Waals surface area contributed by atoms with Crippen molar-refractivity contribution in [1.82, 2.24) is 19.7 Å². The molecule has 0 N–H and O–H groups in total. The number of fused-ring (bicyclic) bond motifs is 1. The Morgan fingerprint density at radius 3 is 3.05 bits per heavy atom. The summed E-state index contributed by atoms with van der Waals surface area (Å²) in [5.41, 5.74) is 3.79. The van der Waals surface area contributed by atoms with Crippen LogP contribution >= 0.6 is 11.3 Å². The van der Waals surface area contributed by atoms with Crippen molar-refractivity contribution in [2.75, 3.05) is 20.3 Å². The molecule has 0 aliphatic carbocycles. The Balaban J connectivity index is 1.79. The van der Waals surface area contributed by atoms with Crippen LogP contribution in [0, 0.1) is 6.92 Å². The predicted octanol–water partition coefficient (Wildman–Crippen LogP) is 1.93. The Morgan fingerprint density at radius 1 is 1.50 bits per heavy atom. The van der Waals surface area contributed by atoms with Crippen LogP contribution in [0.15, 0.2) is 11.6 Å². The molecule has 0 bridgehead atoms. The quantitative estimate of drug-likeness (QED) is 0.863. The van der Waals surface area contributed by atoms with Gasteiger partial charge in [0.2, 0.25) is 0 Å². The first-order chi connectivity index (χ1) is 9.67. The van der Waals surface area contributed by atoms with Gasteiger partial charge in [0.25, 0.3) is 0 Å². The average molecular weight is 292 g/mol. The van der Waals surface area contributed by atoms with E-state index in [4.69, 9.17) is 4.74 Å². The summed E-state index contributed by atoms with van der Waals surface area (Å²) in [6.45, 7) is 5.63. The van der Waals surface area contributed by atoms with Gasteiger partial charge in [0.05, 0.1) is 23.5 Å². The molecule has 0 saturated heterocycles. The maximum Gasteiger partial charge on any atom is 0.0897 e. The van der Waals surface area contributed by atoms with Crippen molar-refractivity contribution in [2.45, 2.75) is 25.9 Å². The highest BCUT2D eigenvalue weighted by atomic mass is 32.1. The molecule has 2 aromatic heterocycles. The number of thiazole rings is 1. The number of nitrogens with zero attached hydrogens (tertiary/aromatic N) is 4. The molecule has 3 heterocycles. The molecule has 1 aliphatic heterocycles. The van der Waals surface area contributed by atoms with Gasteiger partial charge in [-0.3, -0.25) is 9.58 Å². The summed E-state index contributed by atoms with van der Waals surface area (Å²) in [7, 11) is 3.78. The molecule has 0 amide bonds. The third kappa shape index (κ3) is 2.63. The van der Waals surface area contributed by atoms with E-state index in [0.717, 1.165) is 36.9 Å². The lowest BCUT2D eigenvalue weighted by molar-refractivity contribution is 0.132. The highest BCUT2D eigenvalue weighted by Crippen LogP contribution is 2.29. The van der Waals surface area contributed by atoms with Gasteiger partial charge in [-0.05, 0) is 6.92 Å². The van der Waals surface area contributed by atoms with Crippen molar-refractivity contribution >= 4 is 11.3 Å². The molecule has 5 nitrogen and oxygen atoms in total. The van der Waals surface area contributed by atoms with Crippen molar-refractivity contribution in [3.05, 3.63) is 33.5 Å². The molecule has 1 aliphatic rings. The fraction of sp³-hybridized carbons (Fsp3) is 0.571. The molecule has 20 heavy (non-hydrogen) atoms. The SMILES string of the molecule is COCC1CN(Cc2csc(C)n2)Cc2cnn(C)c21. The highest BCUT2D eigenvalue weighted by Gasteiger charge is 2.28. The minimum Gasteiger partial charge on any atom is -0.384 e. The maximum absolute atomic E-state index is 5.38. The minimum atomic E-state index is 0.385. The minimum absolute atomic E-state index is 0.385. The molecule has 6 heteroatoms. The second-order valence-corrected chi connectivity index (χ2v) is 6.42. The lowest BCUT2D eigenvalue weighted by Crippen LogP contribution is -2.35. The molecule has 3 rings (SSSR count). The van der Waals surface area contributed by atoms with Crippen LogP contribution in [0.3, 0.4) is 0 Å². The summed E-state index contributed by atoms with van der Waals surface area (Å²) in [5.74, 6) is 0.385. The van der Waals surface area contributed by atoms with Crippen LogP contribution in [-0.2, 0) is 24.9 Å². The second-order valence-electron chi connectivity index (χ2n) is 5.36.